The number of hydrogen-bond donors (Lipinski definition) is 0. The van der Waals surface area contributed by atoms with Gasteiger partial charge in [-0.25, -0.2) is 9.59 Å². The Morgan fingerprint density at radius 3 is 1.60 bits per heavy atom. The summed E-state index contributed by atoms with van der Waals surface area (Å²) in [4.78, 5) is 21.7. The van der Waals surface area contributed by atoms with Crippen LogP contribution < -0.4 is 0 Å². The van der Waals surface area contributed by atoms with E-state index in [1.54, 1.807) is 0 Å². The van der Waals surface area contributed by atoms with Crippen LogP contribution in [-0.4, -0.2) is 70.6 Å². The largest absolute Gasteiger partial charge is 2.00 e. The molecule has 0 unspecified atom stereocenters. The smallest absolute Gasteiger partial charge is 1.00 e. The van der Waals surface area contributed by atoms with Crippen LogP contribution in [0.5, 0.6) is 0 Å². The van der Waals surface area contributed by atoms with Gasteiger partial charge in [0.25, 0.3) is 0 Å². The molecule has 0 spiro atoms. The minimum Gasteiger partial charge on any atom is -1.00 e. The fourth-order valence-electron chi connectivity index (χ4n) is 0.638. The molecule has 4 nitrogen and oxygen atoms in total. The normalized spacial score (nSPS) is 9.47. The van der Waals surface area contributed by atoms with Crippen LogP contribution in [0.2, 0.25) is 0 Å². The molecule has 0 heterocycles. The topological polar surface area (TPSA) is 52.6 Å². The summed E-state index contributed by atoms with van der Waals surface area (Å²) in [7, 11) is 0. The number of esters is 2. The van der Waals surface area contributed by atoms with Crippen molar-refractivity contribution in [1.29, 1.82) is 0 Å². The summed E-state index contributed by atoms with van der Waals surface area (Å²) in [5, 5.41) is 0. The fraction of sp³-hybridized carbons (Fsp3) is 0.600. The van der Waals surface area contributed by atoms with E-state index in [9.17, 15) is 9.59 Å². The maximum atomic E-state index is 10.9. The van der Waals surface area contributed by atoms with Crippen molar-refractivity contribution >= 4 is 57.4 Å². The second-order valence-electron chi connectivity index (χ2n) is 2.67. The van der Waals surface area contributed by atoms with Gasteiger partial charge in [-0.1, -0.05) is 13.8 Å². The predicted octanol–water partition coefficient (Wildman–Crippen LogP) is 1.29. The maximum absolute atomic E-state index is 10.9. The van der Waals surface area contributed by atoms with Crippen LogP contribution >= 0.6 is 0 Å². The van der Waals surface area contributed by atoms with Gasteiger partial charge in [-0.15, -0.1) is 0 Å². The maximum Gasteiger partial charge on any atom is 2.00 e. The van der Waals surface area contributed by atoms with E-state index in [0.29, 0.717) is 13.2 Å². The van der Waals surface area contributed by atoms with E-state index in [2.05, 4.69) is 0 Å². The molecule has 0 saturated heterocycles. The van der Waals surface area contributed by atoms with Gasteiger partial charge in [0, 0.05) is 12.2 Å². The molecule has 15 heavy (non-hydrogen) atoms. The van der Waals surface area contributed by atoms with E-state index in [1.807, 2.05) is 13.8 Å². The summed E-state index contributed by atoms with van der Waals surface area (Å²) in [6.07, 6.45) is 3.68. The Morgan fingerprint density at radius 2 is 1.33 bits per heavy atom. The van der Waals surface area contributed by atoms with E-state index >= 15 is 0 Å². The van der Waals surface area contributed by atoms with Crippen molar-refractivity contribution in [3.05, 3.63) is 12.2 Å². The third-order valence-corrected chi connectivity index (χ3v) is 1.25. The first-order valence-electron chi connectivity index (χ1n) is 4.72. The molecule has 0 aliphatic rings. The van der Waals surface area contributed by atoms with Gasteiger partial charge in [-0.3, -0.25) is 0 Å². The zero-order valence-corrected chi connectivity index (χ0v) is 12.8. The van der Waals surface area contributed by atoms with Crippen molar-refractivity contribution in [2.75, 3.05) is 13.2 Å². The molecule has 0 bridgehead atoms. The van der Waals surface area contributed by atoms with Crippen molar-refractivity contribution in [3.63, 3.8) is 0 Å². The minimum atomic E-state index is -0.514. The van der Waals surface area contributed by atoms with Crippen molar-refractivity contribution in [1.82, 2.24) is 0 Å². The van der Waals surface area contributed by atoms with Gasteiger partial charge in [0.05, 0.1) is 13.2 Å². The molecule has 0 fully saturated rings. The average molecular weight is 290 g/mol. The van der Waals surface area contributed by atoms with E-state index < -0.39 is 11.9 Å². The van der Waals surface area contributed by atoms with Gasteiger partial charge < -0.3 is 12.3 Å². The Labute approximate surface area is 130 Å². The second kappa shape index (κ2) is 12.2. The minimum absolute atomic E-state index is 0. The van der Waals surface area contributed by atoms with Crippen molar-refractivity contribution < 1.29 is 21.9 Å². The Balaban J connectivity index is -0.000000282. The van der Waals surface area contributed by atoms with E-state index in [-0.39, 0.29) is 48.3 Å². The van der Waals surface area contributed by atoms with Gasteiger partial charge in [-0.2, -0.15) is 0 Å². The van der Waals surface area contributed by atoms with Crippen LogP contribution in [-0.2, 0) is 19.1 Å². The number of ether oxygens (including phenoxy) is 2. The molecule has 0 aliphatic heterocycles. The van der Waals surface area contributed by atoms with Gasteiger partial charge in [0.2, 0.25) is 0 Å². The van der Waals surface area contributed by atoms with Crippen LogP contribution in [0, 0.1) is 0 Å². The Bertz CT molecular complexity index is 200. The molecular weight excluding hydrogens is 272 g/mol. The third-order valence-electron chi connectivity index (χ3n) is 1.25. The molecule has 84 valence electrons. The molecule has 0 rings (SSSR count). The molecule has 0 aromatic carbocycles. The summed E-state index contributed by atoms with van der Waals surface area (Å²) in [5.74, 6) is -1.03. The summed E-state index contributed by atoms with van der Waals surface area (Å²) in [6, 6.07) is 0. The van der Waals surface area contributed by atoms with Crippen LogP contribution in [0.1, 0.15) is 29.5 Å². The second-order valence-corrected chi connectivity index (χ2v) is 2.67. The molecule has 0 aromatic rings. The Morgan fingerprint density at radius 1 is 1.00 bits per heavy atom. The first-order valence-corrected chi connectivity index (χ1v) is 4.72. The number of carbonyl (C=O) groups is 2. The first kappa shape index (κ1) is 17.6. The molecule has 0 radical (unpaired) electrons. The molecule has 0 N–H and O–H groups in total. The van der Waals surface area contributed by atoms with Crippen LogP contribution in [0.4, 0.5) is 0 Å². The number of carbonyl (C=O) groups excluding carboxylic acids is 2. The Kier molecular flexibility index (Phi) is 14.3. The molecule has 0 aromatic heterocycles. The third kappa shape index (κ3) is 12.1. The zero-order valence-electron chi connectivity index (χ0n) is 11.3. The number of hydrogen-bond acceptors (Lipinski definition) is 4. The van der Waals surface area contributed by atoms with Crippen molar-refractivity contribution in [3.8, 4) is 0 Å². The summed E-state index contributed by atoms with van der Waals surface area (Å²) >= 11 is 0. The van der Waals surface area contributed by atoms with Crippen LogP contribution in [0.3, 0.4) is 0 Å². The fourth-order valence-corrected chi connectivity index (χ4v) is 0.638. The standard InChI is InChI=1S/C10H16O4.Sr.2H/c1-3-7-13-9(11)5-6-10(12)14-8-4-2;;;/h5-6H,3-4,7-8H2,1-2H3;;;/q;+2;2*-1/b6-5+;;;. The summed E-state index contributed by atoms with van der Waals surface area (Å²) < 4.78 is 9.43. The van der Waals surface area contributed by atoms with E-state index in [4.69, 9.17) is 9.47 Å². The van der Waals surface area contributed by atoms with Crippen molar-refractivity contribution in [2.24, 2.45) is 0 Å². The summed E-state index contributed by atoms with van der Waals surface area (Å²) in [5.41, 5.74) is 0. The van der Waals surface area contributed by atoms with Crippen LogP contribution in [0.25, 0.3) is 0 Å². The predicted molar refractivity (Wildman–Crippen MR) is 59.6 cm³/mol. The molecule has 0 aliphatic carbocycles. The van der Waals surface area contributed by atoms with Gasteiger partial charge in [-0.05, 0) is 12.8 Å². The molecule has 0 amide bonds. The zero-order chi connectivity index (χ0) is 10.8. The van der Waals surface area contributed by atoms with E-state index in [0.717, 1.165) is 25.0 Å². The average Bonchev–Trinajstić information content (AvgIpc) is 2.20. The van der Waals surface area contributed by atoms with Gasteiger partial charge in [0.1, 0.15) is 0 Å². The van der Waals surface area contributed by atoms with Gasteiger partial charge >= 0.3 is 57.4 Å². The van der Waals surface area contributed by atoms with Gasteiger partial charge in [0.15, 0.2) is 0 Å². The number of rotatable bonds is 6. The van der Waals surface area contributed by atoms with Crippen LogP contribution in [0.15, 0.2) is 12.2 Å². The molecule has 0 atom stereocenters. The van der Waals surface area contributed by atoms with Crippen molar-refractivity contribution in [2.45, 2.75) is 26.7 Å². The van der Waals surface area contributed by atoms with E-state index in [1.165, 1.54) is 0 Å². The Hall–Kier alpha value is 0.161. The first-order chi connectivity index (χ1) is 6.70. The quantitative estimate of drug-likeness (QED) is 0.420. The molecular formula is C10H18O4Sr. The summed E-state index contributed by atoms with van der Waals surface area (Å²) in [6.45, 7) is 4.53. The monoisotopic (exact) mass is 290 g/mol. The SMILES string of the molecule is CCCOC(=O)/C=C/C(=O)OCCC.[H-].[H-].[Sr+2]. The molecule has 0 saturated carbocycles. The molecule has 5 heteroatoms.